The molecule has 1 amide bonds. The summed E-state index contributed by atoms with van der Waals surface area (Å²) in [6.07, 6.45) is 0.391. The number of halogens is 2. The molecule has 10 heteroatoms. The van der Waals surface area contributed by atoms with Crippen LogP contribution in [0.2, 0.25) is 0 Å². The smallest absolute Gasteiger partial charge is 0.404 e. The first-order valence-electron chi connectivity index (χ1n) is 7.74. The van der Waals surface area contributed by atoms with Crippen molar-refractivity contribution in [3.05, 3.63) is 49.0 Å². The fourth-order valence-corrected chi connectivity index (χ4v) is 3.72. The molecule has 0 aromatic carbocycles. The zero-order chi connectivity index (χ0) is 19.5. The van der Waals surface area contributed by atoms with E-state index < -0.39 is 17.3 Å². The van der Waals surface area contributed by atoms with Crippen LogP contribution in [-0.4, -0.2) is 27.0 Å². The van der Waals surface area contributed by atoms with E-state index in [4.69, 9.17) is 10.5 Å². The topological polar surface area (TPSA) is 92.1 Å². The van der Waals surface area contributed by atoms with Crippen LogP contribution in [0.4, 0.5) is 9.18 Å². The minimum atomic E-state index is -1.01. The van der Waals surface area contributed by atoms with E-state index in [1.807, 2.05) is 12.1 Å². The summed E-state index contributed by atoms with van der Waals surface area (Å²) >= 11 is 4.89. The number of allylic oxidation sites excluding steroid dienone is 1. The number of ether oxygens (including phenoxy) is 1. The van der Waals surface area contributed by atoms with Crippen LogP contribution in [0.1, 0.15) is 25.6 Å². The third-order valence-corrected chi connectivity index (χ3v) is 5.06. The summed E-state index contributed by atoms with van der Waals surface area (Å²) in [4.78, 5) is 24.4. The normalized spacial score (nSPS) is 12.8. The second-order valence-corrected chi connectivity index (χ2v) is 9.23. The van der Waals surface area contributed by atoms with Crippen LogP contribution in [0.3, 0.4) is 0 Å². The van der Waals surface area contributed by atoms with Gasteiger partial charge in [-0.3, -0.25) is 4.57 Å². The van der Waals surface area contributed by atoms with E-state index in [0.29, 0.717) is 6.54 Å². The molecule has 0 atom stereocenters. The summed E-state index contributed by atoms with van der Waals surface area (Å²) in [6.45, 7) is 4.95. The van der Waals surface area contributed by atoms with Gasteiger partial charge in [-0.15, -0.1) is 11.3 Å². The van der Waals surface area contributed by atoms with Crippen molar-refractivity contribution >= 4 is 33.4 Å². The fourth-order valence-electron chi connectivity index (χ4n) is 2.24. The molecule has 142 valence electrons. The Morgan fingerprint density at radius 3 is 2.65 bits per heavy atom. The molecule has 0 aliphatic carbocycles. The van der Waals surface area contributed by atoms with Crippen molar-refractivity contribution in [2.45, 2.75) is 33.9 Å². The minimum absolute atomic E-state index is 0.129. The number of aromatic nitrogens is 3. The van der Waals surface area contributed by atoms with Gasteiger partial charge in [0.2, 0.25) is 0 Å². The Morgan fingerprint density at radius 1 is 1.42 bits per heavy atom. The number of nitrogens with two attached hydrogens (primary N) is 1. The Labute approximate surface area is 162 Å². The number of thiophene rings is 1. The van der Waals surface area contributed by atoms with E-state index in [-0.39, 0.29) is 24.4 Å². The molecule has 2 heterocycles. The van der Waals surface area contributed by atoms with Crippen molar-refractivity contribution in [1.82, 2.24) is 14.3 Å². The average Bonchev–Trinajstić information content (AvgIpc) is 3.09. The van der Waals surface area contributed by atoms with Crippen molar-refractivity contribution in [3.8, 4) is 0 Å². The lowest BCUT2D eigenvalue weighted by Crippen LogP contribution is -2.28. The number of nitrogens with zero attached hydrogens (tertiary/aromatic N) is 3. The largest absolute Gasteiger partial charge is 0.445 e. The summed E-state index contributed by atoms with van der Waals surface area (Å²) in [5, 5.41) is 4.04. The molecule has 0 saturated carbocycles. The molecule has 0 unspecified atom stereocenters. The molecule has 7 nitrogen and oxygen atoms in total. The third kappa shape index (κ3) is 5.28. The van der Waals surface area contributed by atoms with Crippen LogP contribution >= 0.6 is 27.3 Å². The van der Waals surface area contributed by atoms with Crippen LogP contribution < -0.4 is 11.4 Å². The SMILES string of the molecule is CC(C)(C)/C(F)=C(/COC(N)=O)Cn1ncn(Cc2ccc(Br)s2)c1=O. The van der Waals surface area contributed by atoms with Gasteiger partial charge in [0.15, 0.2) is 0 Å². The van der Waals surface area contributed by atoms with Gasteiger partial charge in [-0.1, -0.05) is 20.8 Å². The molecular weight excluding hydrogens is 427 g/mol. The first-order valence-corrected chi connectivity index (χ1v) is 9.35. The van der Waals surface area contributed by atoms with Gasteiger partial charge in [0, 0.05) is 15.9 Å². The zero-order valence-electron chi connectivity index (χ0n) is 14.7. The maximum Gasteiger partial charge on any atom is 0.404 e. The summed E-state index contributed by atoms with van der Waals surface area (Å²) in [6, 6.07) is 3.81. The molecule has 26 heavy (non-hydrogen) atoms. The molecule has 0 aliphatic rings. The number of primary amides is 1. The van der Waals surface area contributed by atoms with Gasteiger partial charge in [-0.05, 0) is 28.1 Å². The van der Waals surface area contributed by atoms with Crippen molar-refractivity contribution in [2.75, 3.05) is 6.61 Å². The summed E-state index contributed by atoms with van der Waals surface area (Å²) in [5.41, 5.74) is 3.93. The van der Waals surface area contributed by atoms with E-state index in [0.717, 1.165) is 13.3 Å². The zero-order valence-corrected chi connectivity index (χ0v) is 17.1. The molecule has 0 saturated heterocycles. The fraction of sp³-hybridized carbons (Fsp3) is 0.438. The molecule has 2 aromatic rings. The molecule has 0 aliphatic heterocycles. The van der Waals surface area contributed by atoms with E-state index in [1.165, 1.54) is 22.2 Å². The van der Waals surface area contributed by atoms with Crippen LogP contribution in [0.25, 0.3) is 0 Å². The lowest BCUT2D eigenvalue weighted by molar-refractivity contribution is 0.163. The van der Waals surface area contributed by atoms with Gasteiger partial charge >= 0.3 is 11.8 Å². The van der Waals surface area contributed by atoms with Gasteiger partial charge in [-0.25, -0.2) is 18.7 Å². The Bertz CT molecular complexity index is 879. The lowest BCUT2D eigenvalue weighted by atomic mass is 9.92. The second kappa shape index (κ2) is 8.17. The average molecular weight is 447 g/mol. The van der Waals surface area contributed by atoms with E-state index in [1.54, 1.807) is 20.8 Å². The molecule has 0 spiro atoms. The van der Waals surface area contributed by atoms with Crippen molar-refractivity contribution in [3.63, 3.8) is 0 Å². The first kappa shape index (κ1) is 20.4. The van der Waals surface area contributed by atoms with Crippen molar-refractivity contribution < 1.29 is 13.9 Å². The number of hydrogen-bond acceptors (Lipinski definition) is 5. The molecule has 2 rings (SSSR count). The van der Waals surface area contributed by atoms with Crippen LogP contribution in [0.5, 0.6) is 0 Å². The maximum atomic E-state index is 14.7. The van der Waals surface area contributed by atoms with Crippen LogP contribution in [-0.2, 0) is 17.8 Å². The van der Waals surface area contributed by atoms with Gasteiger partial charge in [0.05, 0.1) is 16.9 Å². The molecule has 2 N–H and O–H groups in total. The Balaban J connectivity index is 2.25. The number of hydrogen-bond donors (Lipinski definition) is 1. The van der Waals surface area contributed by atoms with Gasteiger partial charge in [0.25, 0.3) is 0 Å². The number of rotatable bonds is 6. The first-order chi connectivity index (χ1) is 12.1. The highest BCUT2D eigenvalue weighted by molar-refractivity contribution is 9.11. The Hall–Kier alpha value is -1.94. The highest BCUT2D eigenvalue weighted by Crippen LogP contribution is 2.29. The number of carbonyl (C=O) groups excluding carboxylic acids is 1. The van der Waals surface area contributed by atoms with Gasteiger partial charge in [0.1, 0.15) is 18.8 Å². The standard InChI is InChI=1S/C16H20BrFN4O3S/c1-16(2,3)13(18)10(8-25-14(19)23)6-22-15(24)21(9-20-22)7-11-4-5-12(17)26-11/h4-5,9H,6-8H2,1-3H3,(H2,19,23)/b13-10-. The third-order valence-electron chi connectivity index (χ3n) is 3.45. The molecule has 0 fully saturated rings. The predicted octanol–water partition coefficient (Wildman–Crippen LogP) is 3.28. The molecule has 2 aromatic heterocycles. The Kier molecular flexibility index (Phi) is 6.40. The number of carbonyl (C=O) groups is 1. The number of amides is 1. The van der Waals surface area contributed by atoms with Crippen LogP contribution in [0.15, 0.2) is 38.4 Å². The molecule has 0 radical (unpaired) electrons. The van der Waals surface area contributed by atoms with Crippen molar-refractivity contribution in [2.24, 2.45) is 11.1 Å². The Morgan fingerprint density at radius 2 is 2.12 bits per heavy atom. The maximum absolute atomic E-state index is 14.7. The predicted molar refractivity (Wildman–Crippen MR) is 101 cm³/mol. The lowest BCUT2D eigenvalue weighted by Gasteiger charge is -2.20. The minimum Gasteiger partial charge on any atom is -0.445 e. The molecular formula is C16H20BrFN4O3S. The monoisotopic (exact) mass is 446 g/mol. The summed E-state index contributed by atoms with van der Waals surface area (Å²) in [5.74, 6) is -0.470. The second-order valence-electron chi connectivity index (χ2n) is 6.68. The van der Waals surface area contributed by atoms with E-state index in [2.05, 4.69) is 21.0 Å². The summed E-state index contributed by atoms with van der Waals surface area (Å²) < 4.78 is 22.9. The highest BCUT2D eigenvalue weighted by Gasteiger charge is 2.23. The van der Waals surface area contributed by atoms with Crippen molar-refractivity contribution in [1.29, 1.82) is 0 Å². The van der Waals surface area contributed by atoms with Crippen LogP contribution in [0, 0.1) is 5.41 Å². The summed E-state index contributed by atoms with van der Waals surface area (Å²) in [7, 11) is 0. The van der Waals surface area contributed by atoms with Gasteiger partial charge < -0.3 is 10.5 Å². The quantitative estimate of drug-likeness (QED) is 0.736. The van der Waals surface area contributed by atoms with E-state index >= 15 is 0 Å². The van der Waals surface area contributed by atoms with E-state index in [9.17, 15) is 14.0 Å². The highest BCUT2D eigenvalue weighted by atomic mass is 79.9. The molecule has 0 bridgehead atoms. The van der Waals surface area contributed by atoms with Gasteiger partial charge in [-0.2, -0.15) is 5.10 Å².